The van der Waals surface area contributed by atoms with Gasteiger partial charge < -0.3 is 4.42 Å². The van der Waals surface area contributed by atoms with Gasteiger partial charge in [0.15, 0.2) is 0 Å². The van der Waals surface area contributed by atoms with E-state index in [4.69, 9.17) is 10.3 Å². The summed E-state index contributed by atoms with van der Waals surface area (Å²) in [4.78, 5) is 0. The number of hydrogen-bond acceptors (Lipinski definition) is 4. The summed E-state index contributed by atoms with van der Waals surface area (Å²) < 4.78 is 7.30. The molecular weight excluding hydrogens is 192 g/mol. The van der Waals surface area contributed by atoms with Crippen molar-refractivity contribution in [1.82, 2.24) is 15.2 Å². The lowest BCUT2D eigenvalue weighted by Crippen LogP contribution is -2.30. The molecule has 2 aromatic rings. The summed E-state index contributed by atoms with van der Waals surface area (Å²) in [5.74, 6) is 7.18. The van der Waals surface area contributed by atoms with Crippen molar-refractivity contribution in [3.8, 4) is 0 Å². The lowest BCUT2D eigenvalue weighted by molar-refractivity contribution is 0.423. The van der Waals surface area contributed by atoms with Gasteiger partial charge in [-0.2, -0.15) is 5.10 Å². The van der Waals surface area contributed by atoms with Crippen LogP contribution in [0.3, 0.4) is 0 Å². The number of nitrogens with zero attached hydrogens (tertiary/aromatic N) is 2. The summed E-state index contributed by atoms with van der Waals surface area (Å²) in [5, 5.41) is 4.10. The molecule has 0 aromatic carbocycles. The van der Waals surface area contributed by atoms with E-state index >= 15 is 0 Å². The minimum atomic E-state index is -0.161. The van der Waals surface area contributed by atoms with Crippen molar-refractivity contribution in [2.24, 2.45) is 12.9 Å². The molecule has 1 atom stereocenters. The minimum absolute atomic E-state index is 0.161. The van der Waals surface area contributed by atoms with Crippen molar-refractivity contribution >= 4 is 0 Å². The van der Waals surface area contributed by atoms with E-state index in [1.54, 1.807) is 10.9 Å². The molecule has 3 N–H and O–H groups in total. The quantitative estimate of drug-likeness (QED) is 0.577. The number of nitrogens with one attached hydrogen (secondary N) is 1. The normalized spacial score (nSPS) is 13.0. The second-order valence-corrected chi connectivity index (χ2v) is 3.43. The van der Waals surface area contributed by atoms with Crippen LogP contribution in [0, 0.1) is 6.92 Å². The third kappa shape index (κ3) is 1.79. The van der Waals surface area contributed by atoms with E-state index in [9.17, 15) is 0 Å². The fourth-order valence-corrected chi connectivity index (χ4v) is 1.59. The maximum atomic E-state index is 5.53. The summed E-state index contributed by atoms with van der Waals surface area (Å²) in [7, 11) is 1.87. The molecule has 0 aliphatic heterocycles. The van der Waals surface area contributed by atoms with E-state index in [-0.39, 0.29) is 6.04 Å². The van der Waals surface area contributed by atoms with Gasteiger partial charge in [0.1, 0.15) is 17.6 Å². The summed E-state index contributed by atoms with van der Waals surface area (Å²) in [6.07, 6.45) is 1.73. The van der Waals surface area contributed by atoms with Gasteiger partial charge in [0.2, 0.25) is 0 Å². The summed E-state index contributed by atoms with van der Waals surface area (Å²) >= 11 is 0. The van der Waals surface area contributed by atoms with Crippen LogP contribution in [-0.4, -0.2) is 9.78 Å². The van der Waals surface area contributed by atoms with E-state index in [1.807, 2.05) is 32.2 Å². The molecule has 1 unspecified atom stereocenters. The number of aromatic nitrogens is 2. The average Bonchev–Trinajstić information content (AvgIpc) is 2.79. The SMILES string of the molecule is Cc1ccc(C(NN)c2ccnn2C)o1. The molecule has 0 aliphatic carbocycles. The third-order valence-electron chi connectivity index (χ3n) is 2.37. The van der Waals surface area contributed by atoms with Crippen molar-refractivity contribution in [2.45, 2.75) is 13.0 Å². The first kappa shape index (κ1) is 9.95. The van der Waals surface area contributed by atoms with E-state index in [0.29, 0.717) is 0 Å². The Kier molecular flexibility index (Phi) is 2.57. The molecule has 0 aliphatic rings. The largest absolute Gasteiger partial charge is 0.464 e. The Hall–Kier alpha value is -1.59. The molecule has 0 spiro atoms. The highest BCUT2D eigenvalue weighted by molar-refractivity contribution is 5.20. The number of hydrazine groups is 1. The predicted molar refractivity (Wildman–Crippen MR) is 55.8 cm³/mol. The van der Waals surface area contributed by atoms with Gasteiger partial charge in [0.25, 0.3) is 0 Å². The Morgan fingerprint density at radius 3 is 2.73 bits per heavy atom. The first-order valence-corrected chi connectivity index (χ1v) is 4.72. The lowest BCUT2D eigenvalue weighted by Gasteiger charge is -2.13. The summed E-state index contributed by atoms with van der Waals surface area (Å²) in [6, 6.07) is 5.57. The molecule has 0 saturated carbocycles. The van der Waals surface area contributed by atoms with Crippen LogP contribution >= 0.6 is 0 Å². The first-order chi connectivity index (χ1) is 7.22. The standard InChI is InChI=1S/C10H14N4O/c1-7-3-4-9(15-7)10(13-11)8-5-6-12-14(8)2/h3-6,10,13H,11H2,1-2H3. The highest BCUT2D eigenvalue weighted by Gasteiger charge is 2.18. The van der Waals surface area contributed by atoms with Gasteiger partial charge >= 0.3 is 0 Å². The Morgan fingerprint density at radius 1 is 1.47 bits per heavy atom. The van der Waals surface area contributed by atoms with Crippen molar-refractivity contribution in [3.05, 3.63) is 41.6 Å². The van der Waals surface area contributed by atoms with Crippen LogP contribution in [0.15, 0.2) is 28.8 Å². The molecule has 0 saturated heterocycles. The number of aryl methyl sites for hydroxylation is 2. The van der Waals surface area contributed by atoms with Crippen LogP contribution < -0.4 is 11.3 Å². The molecule has 0 bridgehead atoms. The molecule has 0 amide bonds. The highest BCUT2D eigenvalue weighted by Crippen LogP contribution is 2.22. The number of rotatable bonds is 3. The van der Waals surface area contributed by atoms with Gasteiger partial charge in [0, 0.05) is 13.2 Å². The zero-order chi connectivity index (χ0) is 10.8. The van der Waals surface area contributed by atoms with E-state index < -0.39 is 0 Å². The summed E-state index contributed by atoms with van der Waals surface area (Å²) in [6.45, 7) is 1.90. The van der Waals surface area contributed by atoms with Crippen LogP contribution in [0.1, 0.15) is 23.3 Å². The van der Waals surface area contributed by atoms with Gasteiger partial charge in [-0.3, -0.25) is 10.5 Å². The van der Waals surface area contributed by atoms with Gasteiger partial charge in [-0.05, 0) is 25.1 Å². The van der Waals surface area contributed by atoms with Crippen LogP contribution in [-0.2, 0) is 7.05 Å². The predicted octanol–water partition coefficient (Wildman–Crippen LogP) is 0.874. The first-order valence-electron chi connectivity index (χ1n) is 4.72. The number of hydrogen-bond donors (Lipinski definition) is 2. The molecule has 2 aromatic heterocycles. The van der Waals surface area contributed by atoms with Crippen molar-refractivity contribution in [3.63, 3.8) is 0 Å². The van der Waals surface area contributed by atoms with Gasteiger partial charge in [-0.1, -0.05) is 0 Å². The molecule has 0 radical (unpaired) electrons. The van der Waals surface area contributed by atoms with Crippen molar-refractivity contribution in [2.75, 3.05) is 0 Å². The second-order valence-electron chi connectivity index (χ2n) is 3.43. The van der Waals surface area contributed by atoms with E-state index in [2.05, 4.69) is 10.5 Å². The Bertz CT molecular complexity index is 446. The molecule has 15 heavy (non-hydrogen) atoms. The molecule has 0 fully saturated rings. The third-order valence-corrected chi connectivity index (χ3v) is 2.37. The maximum absolute atomic E-state index is 5.53. The highest BCUT2D eigenvalue weighted by atomic mass is 16.3. The minimum Gasteiger partial charge on any atom is -0.464 e. The topological polar surface area (TPSA) is 69.0 Å². The smallest absolute Gasteiger partial charge is 0.128 e. The summed E-state index contributed by atoms with van der Waals surface area (Å²) in [5.41, 5.74) is 3.69. The van der Waals surface area contributed by atoms with Crippen LogP contribution in [0.2, 0.25) is 0 Å². The monoisotopic (exact) mass is 206 g/mol. The van der Waals surface area contributed by atoms with Crippen molar-refractivity contribution < 1.29 is 4.42 Å². The number of nitrogens with two attached hydrogens (primary N) is 1. The Labute approximate surface area is 87.8 Å². The Balaban J connectivity index is 2.36. The van der Waals surface area contributed by atoms with E-state index in [1.165, 1.54) is 0 Å². The fraction of sp³-hybridized carbons (Fsp3) is 0.300. The second kappa shape index (κ2) is 3.88. The zero-order valence-electron chi connectivity index (χ0n) is 8.77. The van der Waals surface area contributed by atoms with Gasteiger partial charge in [-0.15, -0.1) is 0 Å². The molecule has 5 heteroatoms. The molecule has 2 rings (SSSR count). The number of furan rings is 1. The van der Waals surface area contributed by atoms with Gasteiger partial charge in [0.05, 0.1) is 5.69 Å². The maximum Gasteiger partial charge on any atom is 0.128 e. The Morgan fingerprint density at radius 2 is 2.27 bits per heavy atom. The molecular formula is C10H14N4O. The van der Waals surface area contributed by atoms with Crippen LogP contribution in [0.25, 0.3) is 0 Å². The zero-order valence-corrected chi connectivity index (χ0v) is 8.77. The average molecular weight is 206 g/mol. The van der Waals surface area contributed by atoms with E-state index in [0.717, 1.165) is 17.2 Å². The lowest BCUT2D eigenvalue weighted by atomic mass is 10.1. The van der Waals surface area contributed by atoms with Gasteiger partial charge in [-0.25, -0.2) is 5.43 Å². The molecule has 80 valence electrons. The van der Waals surface area contributed by atoms with Crippen LogP contribution in [0.5, 0.6) is 0 Å². The fourth-order valence-electron chi connectivity index (χ4n) is 1.59. The van der Waals surface area contributed by atoms with Crippen molar-refractivity contribution in [1.29, 1.82) is 0 Å². The molecule has 5 nitrogen and oxygen atoms in total. The molecule has 2 heterocycles. The van der Waals surface area contributed by atoms with Crippen LogP contribution in [0.4, 0.5) is 0 Å².